The fraction of sp³-hybridized carbons (Fsp3) is 0.250. The molecule has 0 rings (SSSR count). The summed E-state index contributed by atoms with van der Waals surface area (Å²) in [7, 11) is 1.17. The average molecular weight is 137 g/mol. The van der Waals surface area contributed by atoms with Crippen molar-refractivity contribution in [3.05, 3.63) is 11.3 Å². The molecule has 0 spiro atoms. The van der Waals surface area contributed by atoms with Gasteiger partial charge in [-0.3, -0.25) is 0 Å². The van der Waals surface area contributed by atoms with Gasteiger partial charge in [0.25, 0.3) is 0 Å². The molecule has 3 nitrogen and oxygen atoms in total. The molecule has 0 bridgehead atoms. The van der Waals surface area contributed by atoms with Crippen molar-refractivity contribution in [1.82, 2.24) is 0 Å². The van der Waals surface area contributed by atoms with Crippen LogP contribution in [0.3, 0.4) is 0 Å². The minimum absolute atomic E-state index is 0.326. The van der Waals surface area contributed by atoms with Crippen LogP contribution in [0.2, 0.25) is 0 Å². The van der Waals surface area contributed by atoms with E-state index in [0.717, 1.165) is 0 Å². The van der Waals surface area contributed by atoms with Crippen LogP contribution >= 0.6 is 11.6 Å². The van der Waals surface area contributed by atoms with E-state index in [2.05, 4.69) is 4.74 Å². The maximum absolute atomic E-state index is 10.2. The number of esters is 1. The van der Waals surface area contributed by atoms with Crippen LogP contribution in [-0.2, 0) is 9.53 Å². The van der Waals surface area contributed by atoms with Gasteiger partial charge in [0.05, 0.1) is 7.11 Å². The molecule has 0 amide bonds. The molecule has 46 valence electrons. The molecule has 0 saturated heterocycles. The summed E-state index contributed by atoms with van der Waals surface area (Å²) in [5.41, 5.74) is 0. The number of hydrogen-bond donors (Lipinski definition) is 1. The van der Waals surface area contributed by atoms with Crippen molar-refractivity contribution in [1.29, 1.82) is 0 Å². The lowest BCUT2D eigenvalue weighted by Gasteiger charge is -1.90. The number of ether oxygens (including phenoxy) is 1. The number of carbonyl (C=O) groups excluding carboxylic acids is 1. The Morgan fingerprint density at radius 1 is 1.88 bits per heavy atom. The van der Waals surface area contributed by atoms with Gasteiger partial charge in [-0.2, -0.15) is 0 Å². The van der Waals surface area contributed by atoms with Gasteiger partial charge in [-0.25, -0.2) is 4.79 Å². The van der Waals surface area contributed by atoms with Crippen molar-refractivity contribution in [2.75, 3.05) is 7.11 Å². The zero-order valence-corrected chi connectivity index (χ0v) is 4.97. The Labute approximate surface area is 51.5 Å². The predicted octanol–water partition coefficient (Wildman–Crippen LogP) is 0.798. The summed E-state index contributed by atoms with van der Waals surface area (Å²) in [5, 5.41) is 7.72. The second-order valence-corrected chi connectivity index (χ2v) is 1.38. The van der Waals surface area contributed by atoms with Crippen molar-refractivity contribution in [2.24, 2.45) is 0 Å². The molecule has 0 aromatic carbocycles. The Morgan fingerprint density at radius 2 is 2.38 bits per heavy atom. The van der Waals surface area contributed by atoms with Crippen molar-refractivity contribution < 1.29 is 14.6 Å². The summed E-state index contributed by atoms with van der Waals surface area (Å²) in [5.74, 6) is -0.742. The monoisotopic (exact) mass is 136 g/mol. The molecule has 0 fully saturated rings. The van der Waals surface area contributed by atoms with Gasteiger partial charge in [0, 0.05) is 0 Å². The van der Waals surface area contributed by atoms with Crippen molar-refractivity contribution in [3.8, 4) is 0 Å². The van der Waals surface area contributed by atoms with Crippen molar-refractivity contribution in [3.63, 3.8) is 0 Å². The van der Waals surface area contributed by atoms with Crippen LogP contribution in [0.5, 0.6) is 0 Å². The third-order valence-corrected chi connectivity index (χ3v) is 0.746. The molecule has 4 heteroatoms. The second kappa shape index (κ2) is 3.32. The summed E-state index contributed by atoms with van der Waals surface area (Å²) in [4.78, 5) is 10.2. The molecular weight excluding hydrogens is 131 g/mol. The largest absolute Gasteiger partial charge is 0.514 e. The molecule has 8 heavy (non-hydrogen) atoms. The van der Waals surface area contributed by atoms with Gasteiger partial charge in [-0.1, -0.05) is 11.6 Å². The Balaban J connectivity index is 3.83. The van der Waals surface area contributed by atoms with Crippen LogP contribution in [0.15, 0.2) is 11.3 Å². The topological polar surface area (TPSA) is 46.5 Å². The quantitative estimate of drug-likeness (QED) is 0.330. The summed E-state index contributed by atoms with van der Waals surface area (Å²) in [6, 6.07) is 0. The molecule has 0 aliphatic carbocycles. The van der Waals surface area contributed by atoms with E-state index < -0.39 is 5.97 Å². The minimum Gasteiger partial charge on any atom is -0.514 e. The fourth-order valence-electron chi connectivity index (χ4n) is 0.150. The second-order valence-electron chi connectivity index (χ2n) is 0.969. The number of aliphatic hydroxyl groups is 1. The van der Waals surface area contributed by atoms with E-state index in [1.807, 2.05) is 0 Å². The third-order valence-electron chi connectivity index (χ3n) is 0.494. The lowest BCUT2D eigenvalue weighted by Crippen LogP contribution is -1.98. The minimum atomic E-state index is -0.742. The Bertz CT molecular complexity index is 118. The zero-order chi connectivity index (χ0) is 6.57. The highest BCUT2D eigenvalue weighted by Crippen LogP contribution is 1.99. The maximum Gasteiger partial charge on any atom is 0.352 e. The molecule has 0 aliphatic heterocycles. The first-order valence-electron chi connectivity index (χ1n) is 1.80. The number of aliphatic hydroxyl groups excluding tert-OH is 1. The SMILES string of the molecule is COC(=O)C(Cl)=CO. The molecule has 0 unspecified atom stereocenters. The standard InChI is InChI=1S/C4H5ClO3/c1-8-4(7)3(5)2-6/h2,6H,1H3. The van der Waals surface area contributed by atoms with E-state index in [1.54, 1.807) is 0 Å². The molecule has 0 heterocycles. The van der Waals surface area contributed by atoms with E-state index in [4.69, 9.17) is 16.7 Å². The molecular formula is C4H5ClO3. The van der Waals surface area contributed by atoms with E-state index in [1.165, 1.54) is 7.11 Å². The normalized spacial score (nSPS) is 11.0. The predicted molar refractivity (Wildman–Crippen MR) is 28.6 cm³/mol. The lowest BCUT2D eigenvalue weighted by molar-refractivity contribution is -0.135. The first-order chi connectivity index (χ1) is 3.72. The fourth-order valence-corrected chi connectivity index (χ4v) is 0.227. The van der Waals surface area contributed by atoms with Crippen molar-refractivity contribution >= 4 is 17.6 Å². The highest BCUT2D eigenvalue weighted by atomic mass is 35.5. The van der Waals surface area contributed by atoms with E-state index in [-0.39, 0.29) is 5.03 Å². The number of methoxy groups -OCH3 is 1. The van der Waals surface area contributed by atoms with Gasteiger partial charge in [-0.05, 0) is 0 Å². The van der Waals surface area contributed by atoms with Crippen LogP contribution in [0.4, 0.5) is 0 Å². The van der Waals surface area contributed by atoms with E-state index in [9.17, 15) is 4.79 Å². The molecule has 0 aromatic heterocycles. The molecule has 0 atom stereocenters. The summed E-state index contributed by atoms with van der Waals surface area (Å²) in [6.45, 7) is 0. The van der Waals surface area contributed by atoms with Gasteiger partial charge in [-0.15, -0.1) is 0 Å². The maximum atomic E-state index is 10.2. The molecule has 0 saturated carbocycles. The van der Waals surface area contributed by atoms with Crippen LogP contribution in [0, 0.1) is 0 Å². The first-order valence-corrected chi connectivity index (χ1v) is 2.18. The Morgan fingerprint density at radius 3 is 2.50 bits per heavy atom. The molecule has 0 aliphatic rings. The molecule has 0 aromatic rings. The van der Waals surface area contributed by atoms with Gasteiger partial charge < -0.3 is 9.84 Å². The average Bonchev–Trinajstić information content (AvgIpc) is 1.84. The molecule has 0 radical (unpaired) electrons. The summed E-state index contributed by atoms with van der Waals surface area (Å²) >= 11 is 5.05. The zero-order valence-electron chi connectivity index (χ0n) is 4.22. The van der Waals surface area contributed by atoms with Gasteiger partial charge >= 0.3 is 5.97 Å². The Hall–Kier alpha value is -0.700. The Kier molecular flexibility index (Phi) is 3.03. The van der Waals surface area contributed by atoms with Gasteiger partial charge in [0.1, 0.15) is 6.26 Å². The van der Waals surface area contributed by atoms with Crippen LogP contribution in [0.25, 0.3) is 0 Å². The van der Waals surface area contributed by atoms with Crippen LogP contribution < -0.4 is 0 Å². The van der Waals surface area contributed by atoms with Crippen molar-refractivity contribution in [2.45, 2.75) is 0 Å². The van der Waals surface area contributed by atoms with E-state index in [0.29, 0.717) is 6.26 Å². The van der Waals surface area contributed by atoms with Gasteiger partial charge in [0.15, 0.2) is 5.03 Å². The number of carbonyl (C=O) groups is 1. The number of rotatable bonds is 1. The van der Waals surface area contributed by atoms with E-state index >= 15 is 0 Å². The first kappa shape index (κ1) is 7.30. The van der Waals surface area contributed by atoms with Gasteiger partial charge in [0.2, 0.25) is 0 Å². The highest BCUT2D eigenvalue weighted by Gasteiger charge is 2.03. The van der Waals surface area contributed by atoms with Crippen LogP contribution in [-0.4, -0.2) is 18.2 Å². The summed E-state index contributed by atoms with van der Waals surface area (Å²) in [6.07, 6.45) is 0.480. The smallest absolute Gasteiger partial charge is 0.352 e. The number of hydrogen-bond acceptors (Lipinski definition) is 3. The lowest BCUT2D eigenvalue weighted by atomic mass is 10.6. The number of halogens is 1. The molecule has 1 N–H and O–H groups in total. The summed E-state index contributed by atoms with van der Waals surface area (Å²) < 4.78 is 4.10. The van der Waals surface area contributed by atoms with Crippen LogP contribution in [0.1, 0.15) is 0 Å². The highest BCUT2D eigenvalue weighted by molar-refractivity contribution is 6.41. The third kappa shape index (κ3) is 1.84.